The molecule has 0 radical (unpaired) electrons. The monoisotopic (exact) mass is 876 g/mol. The van der Waals surface area contributed by atoms with E-state index in [2.05, 4.69) is 19.2 Å². The Balaban J connectivity index is 0.00000193. The van der Waals surface area contributed by atoms with Crippen molar-refractivity contribution in [3.63, 3.8) is 0 Å². The lowest BCUT2D eigenvalue weighted by molar-refractivity contribution is -0.302. The number of methoxy groups -OCH3 is 3. The first-order valence-electron chi connectivity index (χ1n) is 22.5. The average Bonchev–Trinajstić information content (AvgIpc) is 3.24. The van der Waals surface area contributed by atoms with Crippen molar-refractivity contribution in [1.29, 1.82) is 5.41 Å². The second-order valence-corrected chi connectivity index (χ2v) is 18.2. The van der Waals surface area contributed by atoms with Crippen LogP contribution in [0.2, 0.25) is 0 Å². The SMILES string of the molecule is C=CC[C@@H]1/C=C(\C)C[C@H](C)C[C@H](OC)[C@H]2O[C@@](O)(C(=O)C(=O)N3CCCC[C@H]3C(=O)O[C@H](/C(C)=C/[C@@H]3CC[C@@H](O)[C@H](OC)C3)[C@H](C)[C@@H](O)CC1=N)[C@H](C)C[C@@H]2OC.CCC(N)=O. The van der Waals surface area contributed by atoms with Crippen LogP contribution in [0.3, 0.4) is 0 Å². The van der Waals surface area contributed by atoms with Crippen LogP contribution >= 0.6 is 0 Å². The minimum atomic E-state index is -2.50. The molecule has 14 atom stereocenters. The third-order valence-electron chi connectivity index (χ3n) is 13.3. The Kier molecular flexibility index (Phi) is 21.1. The Labute approximate surface area is 369 Å². The maximum absolute atomic E-state index is 14.3. The van der Waals surface area contributed by atoms with E-state index in [0.717, 1.165) is 5.57 Å². The van der Waals surface area contributed by atoms with E-state index in [0.29, 0.717) is 69.1 Å². The maximum atomic E-state index is 14.3. The molecule has 6 N–H and O–H groups in total. The summed E-state index contributed by atoms with van der Waals surface area (Å²) in [4.78, 5) is 53.6. The second kappa shape index (κ2) is 24.7. The molecule has 2 amide bonds. The zero-order valence-electron chi connectivity index (χ0n) is 38.7. The molecule has 62 heavy (non-hydrogen) atoms. The van der Waals surface area contributed by atoms with Crippen LogP contribution in [-0.4, -0.2) is 132 Å². The Morgan fingerprint density at radius 3 is 2.21 bits per heavy atom. The predicted octanol–water partition coefficient (Wildman–Crippen LogP) is 4.97. The summed E-state index contributed by atoms with van der Waals surface area (Å²) in [5.41, 5.74) is 6.71. The molecule has 4 aliphatic rings. The lowest BCUT2D eigenvalue weighted by Gasteiger charge is -2.47. The van der Waals surface area contributed by atoms with Crippen LogP contribution < -0.4 is 5.73 Å². The molecular weight excluding hydrogens is 799 g/mol. The molecule has 15 nitrogen and oxygen atoms in total. The van der Waals surface area contributed by atoms with Gasteiger partial charge in [-0.1, -0.05) is 51.5 Å². The van der Waals surface area contributed by atoms with E-state index in [1.807, 2.05) is 26.0 Å². The number of ketones is 1. The van der Waals surface area contributed by atoms with Crippen LogP contribution in [-0.2, 0) is 42.9 Å². The number of aliphatic hydroxyl groups is 3. The smallest absolute Gasteiger partial charge is 0.329 e. The number of hydrogen-bond acceptors (Lipinski definition) is 13. The number of rotatable bonds is 8. The molecule has 2 saturated heterocycles. The summed E-state index contributed by atoms with van der Waals surface area (Å²) in [6, 6.07) is -1.12. The Morgan fingerprint density at radius 1 is 0.984 bits per heavy atom. The van der Waals surface area contributed by atoms with Crippen LogP contribution in [0, 0.1) is 35.0 Å². The molecule has 0 unspecified atom stereocenters. The van der Waals surface area contributed by atoms with Gasteiger partial charge < -0.3 is 55.0 Å². The first-order chi connectivity index (χ1) is 29.3. The number of aliphatic hydroxyl groups excluding tert-OH is 2. The number of fused-ring (bicyclic) bond motifs is 3. The molecule has 0 spiro atoms. The van der Waals surface area contributed by atoms with Gasteiger partial charge in [0, 0.05) is 64.2 Å². The van der Waals surface area contributed by atoms with E-state index in [1.165, 1.54) is 12.0 Å². The van der Waals surface area contributed by atoms with E-state index in [9.17, 15) is 34.5 Å². The van der Waals surface area contributed by atoms with Gasteiger partial charge in [-0.05, 0) is 95.5 Å². The van der Waals surface area contributed by atoms with Gasteiger partial charge >= 0.3 is 5.97 Å². The van der Waals surface area contributed by atoms with Crippen molar-refractivity contribution < 1.29 is 58.2 Å². The van der Waals surface area contributed by atoms with Crippen molar-refractivity contribution in [1.82, 2.24) is 4.90 Å². The number of esters is 1. The number of Topliss-reactive ketones (excluding diaryl/α,β-unsaturated/α-hetero) is 1. The quantitative estimate of drug-likeness (QED) is 0.124. The molecule has 1 saturated carbocycles. The third-order valence-corrected chi connectivity index (χ3v) is 13.3. The number of carbonyl (C=O) groups is 4. The number of hydrogen-bond donors (Lipinski definition) is 5. The van der Waals surface area contributed by atoms with Crippen molar-refractivity contribution in [2.24, 2.45) is 35.3 Å². The number of nitrogens with zero attached hydrogens (tertiary/aromatic N) is 1. The topological polar surface area (TPSA) is 228 Å². The van der Waals surface area contributed by atoms with Gasteiger partial charge in [-0.25, -0.2) is 4.79 Å². The van der Waals surface area contributed by atoms with Gasteiger partial charge in [-0.15, -0.1) is 6.58 Å². The molecule has 4 rings (SSSR count). The molecule has 0 aromatic carbocycles. The number of piperidine rings is 1. The zero-order chi connectivity index (χ0) is 46.5. The summed E-state index contributed by atoms with van der Waals surface area (Å²) in [6.45, 7) is 15.1. The van der Waals surface area contributed by atoms with Gasteiger partial charge in [0.05, 0.1) is 30.5 Å². The van der Waals surface area contributed by atoms with E-state index >= 15 is 0 Å². The largest absolute Gasteiger partial charge is 0.456 e. The summed E-state index contributed by atoms with van der Waals surface area (Å²) in [6.07, 6.45) is 6.44. The molecular formula is C47H77N3O12. The van der Waals surface area contributed by atoms with Crippen molar-refractivity contribution >= 4 is 29.3 Å². The van der Waals surface area contributed by atoms with Gasteiger partial charge in [0.1, 0.15) is 18.2 Å². The highest BCUT2D eigenvalue weighted by atomic mass is 16.7. The number of nitrogens with two attached hydrogens (primary N) is 1. The number of cyclic esters (lactones) is 1. The average molecular weight is 876 g/mol. The van der Waals surface area contributed by atoms with E-state index in [-0.39, 0.29) is 55.6 Å². The lowest BCUT2D eigenvalue weighted by Crippen LogP contribution is -2.64. The van der Waals surface area contributed by atoms with Crippen LogP contribution in [0.25, 0.3) is 0 Å². The van der Waals surface area contributed by atoms with Gasteiger partial charge in [-0.2, -0.15) is 0 Å². The number of amides is 2. The minimum absolute atomic E-state index is 0.0140. The molecule has 352 valence electrons. The van der Waals surface area contributed by atoms with Crippen LogP contribution in [0.5, 0.6) is 0 Å². The Morgan fingerprint density at radius 2 is 1.61 bits per heavy atom. The summed E-state index contributed by atoms with van der Waals surface area (Å²) in [5, 5.41) is 43.4. The van der Waals surface area contributed by atoms with Gasteiger partial charge in [0.15, 0.2) is 0 Å². The van der Waals surface area contributed by atoms with Crippen LogP contribution in [0.15, 0.2) is 36.0 Å². The van der Waals surface area contributed by atoms with Gasteiger partial charge in [0.2, 0.25) is 11.7 Å². The second-order valence-electron chi connectivity index (χ2n) is 18.2. The number of nitrogens with one attached hydrogen (secondary N) is 1. The Hall–Kier alpha value is -3.31. The van der Waals surface area contributed by atoms with E-state index in [1.54, 1.807) is 41.1 Å². The first kappa shape index (κ1) is 53.0. The molecule has 3 fully saturated rings. The minimum Gasteiger partial charge on any atom is -0.456 e. The molecule has 1 aliphatic carbocycles. The fourth-order valence-electron chi connectivity index (χ4n) is 9.46. The number of allylic oxidation sites excluding steroid dienone is 4. The molecule has 2 bridgehead atoms. The maximum Gasteiger partial charge on any atom is 0.329 e. The van der Waals surface area contributed by atoms with Gasteiger partial charge in [0.25, 0.3) is 11.7 Å². The standard InChI is InChI=1S/C44H70N2O11.C3H7NO/c1-10-13-31-19-25(2)18-26(3)20-37(54-8)40-38(55-9)22-28(5)44(52,57-40)41(49)42(50)46-17-12-11-14-33(46)43(51)56-39(29(6)35(48)24-32(31)45)27(4)21-30-15-16-34(47)36(23-30)53-7;1-2-3(4)5/h10,19,21,26,28-31,33-40,45,47-48,52H,1,11-18,20,22-24H2,2-9H3;2H2,1H3,(H2,4,5)/b25-19+,27-21+,45-32?;/t26-,28+,29+,30-,31+,33-,34+,35-,36+,37-,38-,39+,40+,44+;/m0./s1. The number of ether oxygens (including phenoxy) is 5. The van der Waals surface area contributed by atoms with Crippen LogP contribution in [0.4, 0.5) is 0 Å². The summed E-state index contributed by atoms with van der Waals surface area (Å²) in [5.74, 6) is -7.38. The highest BCUT2D eigenvalue weighted by molar-refractivity contribution is 6.39. The highest BCUT2D eigenvalue weighted by Crippen LogP contribution is 2.39. The van der Waals surface area contributed by atoms with Crippen molar-refractivity contribution in [3.8, 4) is 0 Å². The molecule has 15 heteroatoms. The van der Waals surface area contributed by atoms with E-state index in [4.69, 9.17) is 29.1 Å². The summed E-state index contributed by atoms with van der Waals surface area (Å²) >= 11 is 0. The fourth-order valence-corrected chi connectivity index (χ4v) is 9.46. The number of carbonyl (C=O) groups excluding carboxylic acids is 4. The van der Waals surface area contributed by atoms with Crippen LogP contribution in [0.1, 0.15) is 119 Å². The summed E-state index contributed by atoms with van der Waals surface area (Å²) in [7, 11) is 4.65. The van der Waals surface area contributed by atoms with Crippen molar-refractivity contribution in [2.45, 2.75) is 173 Å². The fraction of sp³-hybridized carbons (Fsp3) is 0.766. The van der Waals surface area contributed by atoms with E-state index < -0.39 is 77.9 Å². The normalized spacial score (nSPS) is 38.3. The van der Waals surface area contributed by atoms with Crippen molar-refractivity contribution in [3.05, 3.63) is 36.0 Å². The highest BCUT2D eigenvalue weighted by Gasteiger charge is 2.56. The molecule has 3 heterocycles. The summed E-state index contributed by atoms with van der Waals surface area (Å²) < 4.78 is 29.9. The molecule has 0 aromatic heterocycles. The molecule has 0 aromatic rings. The van der Waals surface area contributed by atoms with Crippen molar-refractivity contribution in [2.75, 3.05) is 27.9 Å². The lowest BCUT2D eigenvalue weighted by atomic mass is 9.81. The Bertz CT molecular complexity index is 1600. The number of primary amides is 1. The zero-order valence-corrected chi connectivity index (χ0v) is 38.7. The predicted molar refractivity (Wildman–Crippen MR) is 235 cm³/mol. The van der Waals surface area contributed by atoms with Gasteiger partial charge in [-0.3, -0.25) is 14.4 Å². The third kappa shape index (κ3) is 13.8. The molecule has 3 aliphatic heterocycles. The first-order valence-corrected chi connectivity index (χ1v) is 22.5.